The topological polar surface area (TPSA) is 75.4 Å². The maximum absolute atomic E-state index is 12.1. The number of fused-ring (bicyclic) bond motifs is 5. The minimum atomic E-state index is -3.30. The van der Waals surface area contributed by atoms with Crippen LogP contribution in [-0.2, 0) is 10.2 Å². The molecule has 0 radical (unpaired) electrons. The number of nitrogens with zero attached hydrogens (tertiary/aromatic N) is 1. The van der Waals surface area contributed by atoms with Gasteiger partial charge in [-0.3, -0.25) is 0 Å². The average Bonchev–Trinajstić information content (AvgIpc) is 2.75. The number of nitrogens with one attached hydrogen (secondary N) is 1. The zero-order valence-electron chi connectivity index (χ0n) is 10.9. The Balaban J connectivity index is 1.57. The largest absolute Gasteiger partial charge is 0.330 e. The van der Waals surface area contributed by atoms with Gasteiger partial charge in [0.15, 0.2) is 0 Å². The van der Waals surface area contributed by atoms with Gasteiger partial charge in [0.1, 0.15) is 0 Å². The molecule has 3 aliphatic carbocycles. The molecule has 0 aromatic carbocycles. The van der Waals surface area contributed by atoms with E-state index in [-0.39, 0.29) is 6.04 Å². The molecule has 0 amide bonds. The molecule has 0 aromatic rings. The molecule has 3 N–H and O–H groups in total. The fourth-order valence-electron chi connectivity index (χ4n) is 4.18. The summed E-state index contributed by atoms with van der Waals surface area (Å²) in [6, 6.07) is 0.224. The molecule has 3 fully saturated rings. The molecule has 3 aliphatic rings. The Labute approximate surface area is 109 Å². The third-order valence-corrected chi connectivity index (χ3v) is 6.68. The average molecular weight is 273 g/mol. The van der Waals surface area contributed by atoms with Gasteiger partial charge in [-0.2, -0.15) is 17.4 Å². The van der Waals surface area contributed by atoms with Crippen molar-refractivity contribution < 1.29 is 8.42 Å². The molecule has 0 saturated heterocycles. The highest BCUT2D eigenvalue weighted by atomic mass is 32.2. The smallest absolute Gasteiger partial charge is 0.279 e. The predicted molar refractivity (Wildman–Crippen MR) is 70.0 cm³/mol. The van der Waals surface area contributed by atoms with Crippen molar-refractivity contribution in [2.75, 3.05) is 20.1 Å². The van der Waals surface area contributed by atoms with Crippen LogP contribution >= 0.6 is 0 Å². The Bertz CT molecular complexity index is 409. The molecule has 0 aromatic heterocycles. The predicted octanol–water partition coefficient (Wildman–Crippen LogP) is 0.146. The number of hydrogen-bond donors (Lipinski definition) is 2. The molecule has 5 nitrogen and oxygen atoms in total. The van der Waals surface area contributed by atoms with Crippen LogP contribution in [0.2, 0.25) is 0 Å². The highest BCUT2D eigenvalue weighted by Gasteiger charge is 2.65. The zero-order valence-corrected chi connectivity index (χ0v) is 11.7. The Morgan fingerprint density at radius 2 is 1.89 bits per heavy atom. The van der Waals surface area contributed by atoms with Crippen LogP contribution in [0.25, 0.3) is 0 Å². The van der Waals surface area contributed by atoms with Crippen LogP contribution in [-0.4, -0.2) is 38.9 Å². The fourth-order valence-corrected chi connectivity index (χ4v) is 5.39. The molecule has 2 bridgehead atoms. The Morgan fingerprint density at radius 3 is 2.44 bits per heavy atom. The normalized spacial score (nSPS) is 41.4. The van der Waals surface area contributed by atoms with Crippen molar-refractivity contribution in [2.45, 2.75) is 31.7 Å². The number of rotatable bonds is 6. The van der Waals surface area contributed by atoms with Crippen LogP contribution in [0.3, 0.4) is 0 Å². The van der Waals surface area contributed by atoms with Gasteiger partial charge in [-0.1, -0.05) is 0 Å². The zero-order chi connectivity index (χ0) is 12.9. The van der Waals surface area contributed by atoms with Gasteiger partial charge in [0, 0.05) is 19.6 Å². The van der Waals surface area contributed by atoms with Crippen molar-refractivity contribution in [2.24, 2.45) is 29.4 Å². The summed E-state index contributed by atoms with van der Waals surface area (Å²) in [4.78, 5) is 0. The molecule has 4 atom stereocenters. The van der Waals surface area contributed by atoms with E-state index in [9.17, 15) is 8.42 Å². The van der Waals surface area contributed by atoms with Crippen LogP contribution in [0.4, 0.5) is 0 Å². The van der Waals surface area contributed by atoms with E-state index >= 15 is 0 Å². The van der Waals surface area contributed by atoms with Gasteiger partial charge in [-0.05, 0) is 55.9 Å². The van der Waals surface area contributed by atoms with Crippen molar-refractivity contribution in [1.29, 1.82) is 0 Å². The van der Waals surface area contributed by atoms with Crippen LogP contribution in [0.5, 0.6) is 0 Å². The summed E-state index contributed by atoms with van der Waals surface area (Å²) in [7, 11) is -1.67. The lowest BCUT2D eigenvalue weighted by Crippen LogP contribution is -2.41. The summed E-state index contributed by atoms with van der Waals surface area (Å²) < 4.78 is 28.5. The molecule has 4 unspecified atom stereocenters. The molecule has 6 heteroatoms. The van der Waals surface area contributed by atoms with E-state index in [0.717, 1.165) is 11.8 Å². The molecule has 0 spiro atoms. The lowest BCUT2D eigenvalue weighted by Gasteiger charge is -2.18. The Hall–Kier alpha value is -0.170. The van der Waals surface area contributed by atoms with E-state index in [1.54, 1.807) is 7.05 Å². The monoisotopic (exact) mass is 273 g/mol. The molecule has 0 heterocycles. The summed E-state index contributed by atoms with van der Waals surface area (Å²) in [6.07, 6.45) is 4.68. The van der Waals surface area contributed by atoms with E-state index in [4.69, 9.17) is 5.73 Å². The lowest BCUT2D eigenvalue weighted by molar-refractivity contribution is 0.436. The first-order valence-electron chi connectivity index (χ1n) is 6.98. The maximum Gasteiger partial charge on any atom is 0.279 e. The maximum atomic E-state index is 12.1. The summed E-state index contributed by atoms with van der Waals surface area (Å²) in [6.45, 7) is 1.03. The summed E-state index contributed by atoms with van der Waals surface area (Å²) in [5.74, 6) is 2.87. The quantitative estimate of drug-likeness (QED) is 0.723. The fraction of sp³-hybridized carbons (Fsp3) is 1.00. The molecule has 104 valence electrons. The standard InChI is InChI=1S/C12H23N3O2S/c1-15(6-2-5-13)18(16,17)14-12-10-8-3-4-9(7-8)11(10)12/h8-12,14H,2-7,13H2,1H3. The third-order valence-electron chi connectivity index (χ3n) is 5.11. The molecular formula is C12H23N3O2S. The second kappa shape index (κ2) is 4.44. The summed E-state index contributed by atoms with van der Waals surface area (Å²) >= 11 is 0. The van der Waals surface area contributed by atoms with Crippen LogP contribution in [0.15, 0.2) is 0 Å². The number of hydrogen-bond acceptors (Lipinski definition) is 3. The lowest BCUT2D eigenvalue weighted by atomic mass is 10.0. The first-order valence-corrected chi connectivity index (χ1v) is 8.42. The van der Waals surface area contributed by atoms with Gasteiger partial charge in [0.2, 0.25) is 0 Å². The van der Waals surface area contributed by atoms with Crippen molar-refractivity contribution in [1.82, 2.24) is 9.03 Å². The highest BCUT2D eigenvalue weighted by molar-refractivity contribution is 7.87. The SMILES string of the molecule is CN(CCCN)S(=O)(=O)NC1C2C3CCC(C3)C12. The summed E-state index contributed by atoms with van der Waals surface area (Å²) in [5.41, 5.74) is 5.41. The van der Waals surface area contributed by atoms with E-state index in [2.05, 4.69) is 4.72 Å². The van der Waals surface area contributed by atoms with Gasteiger partial charge in [-0.25, -0.2) is 0 Å². The Morgan fingerprint density at radius 1 is 1.28 bits per heavy atom. The van der Waals surface area contributed by atoms with Crippen LogP contribution in [0.1, 0.15) is 25.7 Å². The molecule has 18 heavy (non-hydrogen) atoms. The van der Waals surface area contributed by atoms with Gasteiger partial charge < -0.3 is 5.73 Å². The van der Waals surface area contributed by atoms with E-state index in [0.29, 0.717) is 31.3 Å². The van der Waals surface area contributed by atoms with Gasteiger partial charge in [0.25, 0.3) is 10.2 Å². The van der Waals surface area contributed by atoms with Gasteiger partial charge in [-0.15, -0.1) is 0 Å². The van der Waals surface area contributed by atoms with Crippen molar-refractivity contribution in [3.63, 3.8) is 0 Å². The minimum absolute atomic E-state index is 0.224. The van der Waals surface area contributed by atoms with E-state index in [1.807, 2.05) is 0 Å². The van der Waals surface area contributed by atoms with Crippen molar-refractivity contribution in [3.8, 4) is 0 Å². The molecular weight excluding hydrogens is 250 g/mol. The first-order chi connectivity index (χ1) is 8.54. The minimum Gasteiger partial charge on any atom is -0.330 e. The second-order valence-electron chi connectivity index (χ2n) is 6.10. The van der Waals surface area contributed by atoms with E-state index < -0.39 is 10.2 Å². The molecule has 3 rings (SSSR count). The van der Waals surface area contributed by atoms with Crippen molar-refractivity contribution in [3.05, 3.63) is 0 Å². The van der Waals surface area contributed by atoms with Crippen LogP contribution in [0, 0.1) is 23.7 Å². The summed E-state index contributed by atoms with van der Waals surface area (Å²) in [5, 5.41) is 0. The van der Waals surface area contributed by atoms with E-state index in [1.165, 1.54) is 23.6 Å². The number of nitrogens with two attached hydrogens (primary N) is 1. The third kappa shape index (κ3) is 1.99. The Kier molecular flexibility index (Phi) is 3.17. The van der Waals surface area contributed by atoms with Crippen LogP contribution < -0.4 is 10.5 Å². The van der Waals surface area contributed by atoms with Gasteiger partial charge >= 0.3 is 0 Å². The first kappa shape index (κ1) is 12.8. The van der Waals surface area contributed by atoms with Gasteiger partial charge in [0.05, 0.1) is 0 Å². The second-order valence-corrected chi connectivity index (χ2v) is 7.91. The molecule has 0 aliphatic heterocycles. The van der Waals surface area contributed by atoms with Crippen molar-refractivity contribution >= 4 is 10.2 Å². The molecule has 3 saturated carbocycles. The highest BCUT2D eigenvalue weighted by Crippen LogP contribution is 2.65.